The van der Waals surface area contributed by atoms with Gasteiger partial charge in [0.15, 0.2) is 6.61 Å². The van der Waals surface area contributed by atoms with Gasteiger partial charge in [-0.3, -0.25) is 24.1 Å². The van der Waals surface area contributed by atoms with E-state index >= 15 is 0 Å². The molecule has 9 nitrogen and oxygen atoms in total. The van der Waals surface area contributed by atoms with Crippen LogP contribution in [0.4, 0.5) is 5.00 Å². The minimum atomic E-state index is -0.691. The number of imide groups is 1. The van der Waals surface area contributed by atoms with Gasteiger partial charge in [-0.25, -0.2) is 4.79 Å². The molecule has 2 aromatic rings. The minimum absolute atomic E-state index is 0.155. The first kappa shape index (κ1) is 21.7. The Morgan fingerprint density at radius 1 is 1.03 bits per heavy atom. The second kappa shape index (κ2) is 8.91. The number of fused-ring (bicyclic) bond motifs is 1. The Morgan fingerprint density at radius 2 is 1.72 bits per heavy atom. The standard InChI is InChI=1S/C22H21N3O6S/c23-20(29)19-14-2-1-3-15(14)32-21(19)24-16(26)11-31-22(30)13-6-4-12(5-7-13)10-25-17(27)8-9-18(25)28/h4-7H,1-3,8-11H2,(H2,23,29)(H,24,26). The molecule has 0 saturated carbocycles. The number of rotatable bonds is 7. The van der Waals surface area contributed by atoms with Crippen molar-refractivity contribution in [2.24, 2.45) is 5.73 Å². The van der Waals surface area contributed by atoms with Crippen molar-refractivity contribution in [1.29, 1.82) is 0 Å². The lowest BCUT2D eigenvalue weighted by atomic mass is 10.1. The molecule has 0 spiro atoms. The highest BCUT2D eigenvalue weighted by Gasteiger charge is 2.29. The number of anilines is 1. The second-order valence-corrected chi connectivity index (χ2v) is 8.73. The van der Waals surface area contributed by atoms with Gasteiger partial charge in [0.25, 0.3) is 11.8 Å². The molecule has 1 aliphatic heterocycles. The molecule has 2 heterocycles. The number of hydrogen-bond donors (Lipinski definition) is 2. The number of amides is 4. The minimum Gasteiger partial charge on any atom is -0.452 e. The van der Waals surface area contributed by atoms with Gasteiger partial charge < -0.3 is 15.8 Å². The van der Waals surface area contributed by atoms with Crippen molar-refractivity contribution in [2.75, 3.05) is 11.9 Å². The molecule has 3 N–H and O–H groups in total. The van der Waals surface area contributed by atoms with Gasteiger partial charge in [0, 0.05) is 17.7 Å². The van der Waals surface area contributed by atoms with Crippen molar-refractivity contribution in [1.82, 2.24) is 4.90 Å². The highest BCUT2D eigenvalue weighted by molar-refractivity contribution is 7.17. The maximum Gasteiger partial charge on any atom is 0.338 e. The van der Waals surface area contributed by atoms with Gasteiger partial charge in [-0.05, 0) is 42.5 Å². The van der Waals surface area contributed by atoms with Crippen LogP contribution >= 0.6 is 11.3 Å². The van der Waals surface area contributed by atoms with Gasteiger partial charge in [0.05, 0.1) is 17.7 Å². The molecule has 1 fully saturated rings. The highest BCUT2D eigenvalue weighted by atomic mass is 32.1. The average Bonchev–Trinajstić information content (AvgIpc) is 3.43. The van der Waals surface area contributed by atoms with Gasteiger partial charge in [0.2, 0.25) is 11.8 Å². The predicted molar refractivity (Wildman–Crippen MR) is 115 cm³/mol. The Hall–Kier alpha value is -3.53. The maximum atomic E-state index is 12.3. The predicted octanol–water partition coefficient (Wildman–Crippen LogP) is 1.78. The summed E-state index contributed by atoms with van der Waals surface area (Å²) in [6.45, 7) is -0.361. The summed E-state index contributed by atoms with van der Waals surface area (Å²) in [6, 6.07) is 6.27. The molecular formula is C22H21N3O6S. The van der Waals surface area contributed by atoms with Crippen molar-refractivity contribution in [3.63, 3.8) is 0 Å². The molecule has 0 atom stereocenters. The Kier molecular flexibility index (Phi) is 6.04. The molecule has 0 unspecified atom stereocenters. The van der Waals surface area contributed by atoms with Gasteiger partial charge >= 0.3 is 5.97 Å². The first-order chi connectivity index (χ1) is 15.3. The molecule has 166 valence electrons. The van der Waals surface area contributed by atoms with Crippen LogP contribution in [0.5, 0.6) is 0 Å². The van der Waals surface area contributed by atoms with Gasteiger partial charge in [-0.1, -0.05) is 12.1 Å². The van der Waals surface area contributed by atoms with Crippen molar-refractivity contribution in [3.05, 3.63) is 51.4 Å². The Balaban J connectivity index is 1.32. The molecule has 1 saturated heterocycles. The molecular weight excluding hydrogens is 434 g/mol. The third-order valence-electron chi connectivity index (χ3n) is 5.44. The van der Waals surface area contributed by atoms with Crippen LogP contribution in [0.15, 0.2) is 24.3 Å². The van der Waals surface area contributed by atoms with Crippen molar-refractivity contribution < 1.29 is 28.7 Å². The first-order valence-corrected chi connectivity index (χ1v) is 11.0. The zero-order valence-electron chi connectivity index (χ0n) is 17.1. The summed E-state index contributed by atoms with van der Waals surface area (Å²) < 4.78 is 5.07. The molecule has 10 heteroatoms. The number of carbonyl (C=O) groups is 5. The number of nitrogens with two attached hydrogens (primary N) is 1. The number of esters is 1. The Morgan fingerprint density at radius 3 is 2.38 bits per heavy atom. The number of carbonyl (C=O) groups excluding carboxylic acids is 5. The normalized spacial score (nSPS) is 15.1. The third kappa shape index (κ3) is 4.40. The van der Waals surface area contributed by atoms with Crippen LogP contribution < -0.4 is 11.1 Å². The number of ether oxygens (including phenoxy) is 1. The van der Waals surface area contributed by atoms with E-state index in [1.54, 1.807) is 12.1 Å². The van der Waals surface area contributed by atoms with Crippen LogP contribution in [0.3, 0.4) is 0 Å². The van der Waals surface area contributed by atoms with Gasteiger partial charge in [-0.2, -0.15) is 0 Å². The van der Waals surface area contributed by atoms with Crippen LogP contribution in [0.2, 0.25) is 0 Å². The number of nitrogens with zero attached hydrogens (tertiary/aromatic N) is 1. The zero-order valence-corrected chi connectivity index (χ0v) is 18.0. The quantitative estimate of drug-likeness (QED) is 0.482. The van der Waals surface area contributed by atoms with Crippen LogP contribution in [-0.2, 0) is 38.5 Å². The summed E-state index contributed by atoms with van der Waals surface area (Å²) >= 11 is 1.33. The second-order valence-electron chi connectivity index (χ2n) is 7.62. The van der Waals surface area contributed by atoms with Crippen LogP contribution in [-0.4, -0.2) is 41.1 Å². The molecule has 32 heavy (non-hydrogen) atoms. The fraction of sp³-hybridized carbons (Fsp3) is 0.318. The Bertz CT molecular complexity index is 1110. The highest BCUT2D eigenvalue weighted by Crippen LogP contribution is 2.38. The van der Waals surface area contributed by atoms with E-state index in [1.165, 1.54) is 28.4 Å². The zero-order chi connectivity index (χ0) is 22.8. The number of primary amides is 1. The smallest absolute Gasteiger partial charge is 0.338 e. The summed E-state index contributed by atoms with van der Waals surface area (Å²) in [5.74, 6) is -2.26. The molecule has 2 aliphatic rings. The van der Waals surface area contributed by atoms with Crippen LogP contribution in [0.1, 0.15) is 56.0 Å². The fourth-order valence-corrected chi connectivity index (χ4v) is 5.17. The van der Waals surface area contributed by atoms with E-state index in [-0.39, 0.29) is 36.8 Å². The molecule has 1 aromatic heterocycles. The molecule has 1 aromatic carbocycles. The van der Waals surface area contributed by atoms with E-state index in [4.69, 9.17) is 10.5 Å². The monoisotopic (exact) mass is 455 g/mol. The number of thiophene rings is 1. The maximum absolute atomic E-state index is 12.3. The average molecular weight is 455 g/mol. The van der Waals surface area contributed by atoms with E-state index in [0.717, 1.165) is 29.7 Å². The molecule has 0 radical (unpaired) electrons. The van der Waals surface area contributed by atoms with E-state index < -0.39 is 24.4 Å². The molecule has 0 bridgehead atoms. The van der Waals surface area contributed by atoms with E-state index in [0.29, 0.717) is 16.1 Å². The largest absolute Gasteiger partial charge is 0.452 e. The van der Waals surface area contributed by atoms with E-state index in [2.05, 4.69) is 5.32 Å². The topological polar surface area (TPSA) is 136 Å². The fourth-order valence-electron chi connectivity index (χ4n) is 3.86. The lowest BCUT2D eigenvalue weighted by molar-refractivity contribution is -0.139. The summed E-state index contributed by atoms with van der Waals surface area (Å²) in [7, 11) is 0. The third-order valence-corrected chi connectivity index (χ3v) is 6.65. The van der Waals surface area contributed by atoms with Crippen molar-refractivity contribution in [2.45, 2.75) is 38.6 Å². The number of hydrogen-bond acceptors (Lipinski definition) is 7. The summed E-state index contributed by atoms with van der Waals surface area (Å²) in [5, 5.41) is 3.01. The van der Waals surface area contributed by atoms with Gasteiger partial charge in [0.1, 0.15) is 5.00 Å². The van der Waals surface area contributed by atoms with Crippen molar-refractivity contribution >= 4 is 45.9 Å². The number of aryl methyl sites for hydroxylation is 1. The van der Waals surface area contributed by atoms with E-state index in [1.807, 2.05) is 0 Å². The van der Waals surface area contributed by atoms with Gasteiger partial charge in [-0.15, -0.1) is 11.3 Å². The molecule has 4 amide bonds. The van der Waals surface area contributed by atoms with Crippen LogP contribution in [0, 0.1) is 0 Å². The lowest BCUT2D eigenvalue weighted by Crippen LogP contribution is -2.28. The SMILES string of the molecule is NC(=O)c1c(NC(=O)COC(=O)c2ccc(CN3C(=O)CCC3=O)cc2)sc2c1CCC2. The first-order valence-electron chi connectivity index (χ1n) is 10.2. The number of benzene rings is 1. The number of likely N-dealkylation sites (tertiary alicyclic amines) is 1. The van der Waals surface area contributed by atoms with Crippen molar-refractivity contribution in [3.8, 4) is 0 Å². The Labute approximate surface area is 187 Å². The number of nitrogens with one attached hydrogen (secondary N) is 1. The summed E-state index contributed by atoms with van der Waals surface area (Å²) in [4.78, 5) is 62.0. The molecule has 4 rings (SSSR count). The lowest BCUT2D eigenvalue weighted by Gasteiger charge is -2.13. The van der Waals surface area contributed by atoms with E-state index in [9.17, 15) is 24.0 Å². The summed E-state index contributed by atoms with van der Waals surface area (Å²) in [6.07, 6.45) is 3.00. The molecule has 1 aliphatic carbocycles. The van der Waals surface area contributed by atoms with Crippen LogP contribution in [0.25, 0.3) is 0 Å². The summed E-state index contributed by atoms with van der Waals surface area (Å²) in [5.41, 5.74) is 7.64.